The van der Waals surface area contributed by atoms with Crippen LogP contribution in [0.4, 0.5) is 21.9 Å². The van der Waals surface area contributed by atoms with Gasteiger partial charge < -0.3 is 15.5 Å². The molecule has 0 aliphatic carbocycles. The Morgan fingerprint density at radius 3 is 2.65 bits per heavy atom. The third-order valence-electron chi connectivity index (χ3n) is 3.74. The second kappa shape index (κ2) is 6.30. The summed E-state index contributed by atoms with van der Waals surface area (Å²) in [5.74, 6) is 0.00131. The number of fused-ring (bicyclic) bond motifs is 1. The molecule has 3 amide bonds. The van der Waals surface area contributed by atoms with E-state index in [1.807, 2.05) is 18.2 Å². The molecule has 0 saturated carbocycles. The predicted molar refractivity (Wildman–Crippen MR) is 92.3 cm³/mol. The van der Waals surface area contributed by atoms with Gasteiger partial charge in [0.05, 0.1) is 10.7 Å². The van der Waals surface area contributed by atoms with Crippen LogP contribution in [0.15, 0.2) is 42.5 Å². The molecule has 0 spiro atoms. The highest BCUT2D eigenvalue weighted by atomic mass is 35.5. The molecular weight excluding hydrogens is 314 g/mol. The van der Waals surface area contributed by atoms with Crippen LogP contribution in [0.25, 0.3) is 0 Å². The van der Waals surface area contributed by atoms with Crippen LogP contribution < -0.4 is 15.5 Å². The SMILES string of the molecule is CC(=O)N1CCc2ccc(NC(=O)Nc3ccccc3Cl)cc21. The molecule has 118 valence electrons. The van der Waals surface area contributed by atoms with Gasteiger partial charge in [0, 0.05) is 24.8 Å². The van der Waals surface area contributed by atoms with Gasteiger partial charge in [-0.25, -0.2) is 4.79 Å². The zero-order chi connectivity index (χ0) is 16.4. The third kappa shape index (κ3) is 3.29. The van der Waals surface area contributed by atoms with Gasteiger partial charge >= 0.3 is 6.03 Å². The summed E-state index contributed by atoms with van der Waals surface area (Å²) >= 11 is 6.02. The summed E-state index contributed by atoms with van der Waals surface area (Å²) in [4.78, 5) is 25.4. The summed E-state index contributed by atoms with van der Waals surface area (Å²) in [6.07, 6.45) is 0.834. The molecular formula is C17H16ClN3O2. The van der Waals surface area contributed by atoms with Gasteiger partial charge in [-0.15, -0.1) is 0 Å². The van der Waals surface area contributed by atoms with Crippen LogP contribution in [-0.2, 0) is 11.2 Å². The molecule has 1 aliphatic heterocycles. The number of anilines is 3. The molecule has 23 heavy (non-hydrogen) atoms. The number of hydrogen-bond acceptors (Lipinski definition) is 2. The van der Waals surface area contributed by atoms with E-state index >= 15 is 0 Å². The van der Waals surface area contributed by atoms with Gasteiger partial charge in [0.1, 0.15) is 0 Å². The number of amides is 3. The van der Waals surface area contributed by atoms with E-state index in [2.05, 4.69) is 10.6 Å². The molecule has 6 heteroatoms. The van der Waals surface area contributed by atoms with Crippen molar-refractivity contribution in [2.75, 3.05) is 22.1 Å². The van der Waals surface area contributed by atoms with Crippen molar-refractivity contribution in [1.29, 1.82) is 0 Å². The summed E-state index contributed by atoms with van der Waals surface area (Å²) in [7, 11) is 0. The zero-order valence-corrected chi connectivity index (χ0v) is 13.4. The quantitative estimate of drug-likeness (QED) is 0.878. The fourth-order valence-electron chi connectivity index (χ4n) is 2.63. The van der Waals surface area contributed by atoms with E-state index in [0.717, 1.165) is 17.7 Å². The van der Waals surface area contributed by atoms with E-state index < -0.39 is 0 Å². The minimum atomic E-state index is -0.384. The van der Waals surface area contributed by atoms with Crippen LogP contribution in [0, 0.1) is 0 Å². The first-order chi connectivity index (χ1) is 11.0. The summed E-state index contributed by atoms with van der Waals surface area (Å²) in [5, 5.41) is 5.93. The van der Waals surface area contributed by atoms with E-state index in [1.165, 1.54) is 0 Å². The van der Waals surface area contributed by atoms with Gasteiger partial charge in [0.2, 0.25) is 5.91 Å². The molecule has 0 unspecified atom stereocenters. The van der Waals surface area contributed by atoms with Crippen molar-refractivity contribution in [1.82, 2.24) is 0 Å². The third-order valence-corrected chi connectivity index (χ3v) is 4.07. The lowest BCUT2D eigenvalue weighted by atomic mass is 10.1. The fraction of sp³-hybridized carbons (Fsp3) is 0.176. The number of rotatable bonds is 2. The van der Waals surface area contributed by atoms with Crippen LogP contribution in [0.5, 0.6) is 0 Å². The maximum atomic E-state index is 12.1. The van der Waals surface area contributed by atoms with Crippen molar-refractivity contribution in [2.45, 2.75) is 13.3 Å². The van der Waals surface area contributed by atoms with Crippen LogP contribution in [0.1, 0.15) is 12.5 Å². The highest BCUT2D eigenvalue weighted by Crippen LogP contribution is 2.31. The van der Waals surface area contributed by atoms with Gasteiger partial charge in [0.25, 0.3) is 0 Å². The summed E-state index contributed by atoms with van der Waals surface area (Å²) in [6, 6.07) is 12.2. The molecule has 0 atom stereocenters. The Morgan fingerprint density at radius 2 is 1.91 bits per heavy atom. The van der Waals surface area contributed by atoms with E-state index in [4.69, 9.17) is 11.6 Å². The Morgan fingerprint density at radius 1 is 1.13 bits per heavy atom. The second-order valence-electron chi connectivity index (χ2n) is 5.32. The minimum absolute atomic E-state index is 0.00131. The number of benzene rings is 2. The average molecular weight is 330 g/mol. The molecule has 2 aromatic carbocycles. The molecule has 0 bridgehead atoms. The standard InChI is InChI=1S/C17H16ClN3O2/c1-11(22)21-9-8-12-6-7-13(10-16(12)21)19-17(23)20-15-5-3-2-4-14(15)18/h2-7,10H,8-9H2,1H3,(H2,19,20,23). The Labute approximate surface area is 139 Å². The lowest BCUT2D eigenvalue weighted by Crippen LogP contribution is -2.26. The first-order valence-electron chi connectivity index (χ1n) is 7.28. The maximum Gasteiger partial charge on any atom is 0.323 e. The monoisotopic (exact) mass is 329 g/mol. The Balaban J connectivity index is 1.74. The van der Waals surface area contributed by atoms with Gasteiger partial charge in [0.15, 0.2) is 0 Å². The number of nitrogens with zero attached hydrogens (tertiary/aromatic N) is 1. The molecule has 2 N–H and O–H groups in total. The number of nitrogens with one attached hydrogen (secondary N) is 2. The highest BCUT2D eigenvalue weighted by molar-refractivity contribution is 6.33. The molecule has 0 saturated heterocycles. The molecule has 1 aliphatic rings. The van der Waals surface area contributed by atoms with Crippen molar-refractivity contribution in [3.63, 3.8) is 0 Å². The van der Waals surface area contributed by atoms with Crippen molar-refractivity contribution in [3.05, 3.63) is 53.1 Å². The second-order valence-corrected chi connectivity index (χ2v) is 5.73. The van der Waals surface area contributed by atoms with Crippen molar-refractivity contribution in [3.8, 4) is 0 Å². The first-order valence-corrected chi connectivity index (χ1v) is 7.66. The largest absolute Gasteiger partial charge is 0.323 e. The molecule has 3 rings (SSSR count). The normalized spacial score (nSPS) is 12.7. The molecule has 5 nitrogen and oxygen atoms in total. The average Bonchev–Trinajstić information content (AvgIpc) is 2.93. The van der Waals surface area contributed by atoms with Gasteiger partial charge in [-0.3, -0.25) is 4.79 Å². The van der Waals surface area contributed by atoms with E-state index in [9.17, 15) is 9.59 Å². The number of halogens is 1. The van der Waals surface area contributed by atoms with Crippen LogP contribution in [0.3, 0.4) is 0 Å². The van der Waals surface area contributed by atoms with Gasteiger partial charge in [-0.2, -0.15) is 0 Å². The fourth-order valence-corrected chi connectivity index (χ4v) is 2.81. The Hall–Kier alpha value is -2.53. The van der Waals surface area contributed by atoms with E-state index in [-0.39, 0.29) is 11.9 Å². The molecule has 2 aromatic rings. The van der Waals surface area contributed by atoms with Gasteiger partial charge in [-0.1, -0.05) is 29.8 Å². The van der Waals surface area contributed by atoms with E-state index in [1.54, 1.807) is 36.1 Å². The van der Waals surface area contributed by atoms with Crippen LogP contribution >= 0.6 is 11.6 Å². The summed E-state index contributed by atoms with van der Waals surface area (Å²) in [5.41, 5.74) is 3.13. The molecule has 0 aromatic heterocycles. The van der Waals surface area contributed by atoms with Crippen LogP contribution in [0.2, 0.25) is 5.02 Å². The summed E-state index contributed by atoms with van der Waals surface area (Å²) < 4.78 is 0. The number of carbonyl (C=O) groups is 2. The van der Waals surface area contributed by atoms with Crippen molar-refractivity contribution < 1.29 is 9.59 Å². The minimum Gasteiger partial charge on any atom is -0.312 e. The lowest BCUT2D eigenvalue weighted by molar-refractivity contribution is -0.116. The van der Waals surface area contributed by atoms with Crippen molar-refractivity contribution >= 4 is 40.6 Å². The molecule has 0 fully saturated rings. The smallest absolute Gasteiger partial charge is 0.312 e. The highest BCUT2D eigenvalue weighted by Gasteiger charge is 2.22. The maximum absolute atomic E-state index is 12.1. The zero-order valence-electron chi connectivity index (χ0n) is 12.6. The number of carbonyl (C=O) groups excluding carboxylic acids is 2. The van der Waals surface area contributed by atoms with Crippen LogP contribution in [-0.4, -0.2) is 18.5 Å². The topological polar surface area (TPSA) is 61.4 Å². The Bertz CT molecular complexity index is 776. The molecule has 1 heterocycles. The first kappa shape index (κ1) is 15.4. The summed E-state index contributed by atoms with van der Waals surface area (Å²) in [6.45, 7) is 2.22. The Kier molecular flexibility index (Phi) is 4.21. The lowest BCUT2D eigenvalue weighted by Gasteiger charge is -2.16. The van der Waals surface area contributed by atoms with Gasteiger partial charge in [-0.05, 0) is 36.2 Å². The molecule has 0 radical (unpaired) electrons. The van der Waals surface area contributed by atoms with E-state index in [0.29, 0.717) is 22.9 Å². The predicted octanol–water partition coefficient (Wildman–Crippen LogP) is 3.89. The van der Waals surface area contributed by atoms with Crippen molar-refractivity contribution in [2.24, 2.45) is 0 Å². The number of urea groups is 1. The number of para-hydroxylation sites is 1. The number of hydrogen-bond donors (Lipinski definition) is 2.